The lowest BCUT2D eigenvalue weighted by Gasteiger charge is -2.25. The van der Waals surface area contributed by atoms with Crippen molar-refractivity contribution >= 4 is 20.8 Å². The molecule has 2 N–H and O–H groups in total. The molecule has 0 radical (unpaired) electrons. The van der Waals surface area contributed by atoms with E-state index in [9.17, 15) is 12.6 Å². The van der Waals surface area contributed by atoms with Crippen LogP contribution in [0.15, 0.2) is 23.1 Å². The van der Waals surface area contributed by atoms with Gasteiger partial charge in [-0.25, -0.2) is 8.42 Å². The first kappa shape index (κ1) is 14.6. The molecule has 0 aromatic heterocycles. The van der Waals surface area contributed by atoms with Crippen molar-refractivity contribution in [1.29, 1.82) is 0 Å². The van der Waals surface area contributed by atoms with Crippen molar-refractivity contribution in [3.8, 4) is 0 Å². The topological polar surface area (TPSA) is 80.5 Å². The lowest BCUT2D eigenvalue weighted by atomic mass is 10.1. The number of rotatable bonds is 3. The average Bonchev–Trinajstić information content (AvgIpc) is 2.39. The molecule has 0 aliphatic carbocycles. The Morgan fingerprint density at radius 3 is 2.53 bits per heavy atom. The van der Waals surface area contributed by atoms with Crippen molar-refractivity contribution in [1.82, 2.24) is 4.31 Å². The van der Waals surface area contributed by atoms with Crippen molar-refractivity contribution in [2.45, 2.75) is 18.4 Å². The van der Waals surface area contributed by atoms with Gasteiger partial charge < -0.3 is 5.73 Å². The molecule has 2 rings (SSSR count). The molecule has 0 spiro atoms. The Labute approximate surface area is 116 Å². The second kappa shape index (κ2) is 5.70. The van der Waals surface area contributed by atoms with Gasteiger partial charge in [0.15, 0.2) is 0 Å². The summed E-state index contributed by atoms with van der Waals surface area (Å²) < 4.78 is 37.6. The minimum absolute atomic E-state index is 0.270. The molecule has 5 nitrogen and oxygen atoms in total. The molecule has 0 bridgehead atoms. The molecule has 19 heavy (non-hydrogen) atoms. The number of aryl methyl sites for hydroxylation is 1. The van der Waals surface area contributed by atoms with Crippen molar-refractivity contribution in [2.75, 3.05) is 24.6 Å². The van der Waals surface area contributed by atoms with Gasteiger partial charge in [0, 0.05) is 41.9 Å². The first-order valence-corrected chi connectivity index (χ1v) is 9.02. The molecule has 0 amide bonds. The highest BCUT2D eigenvalue weighted by atomic mass is 32.2. The molecular weight excluding hydrogens is 284 g/mol. The summed E-state index contributed by atoms with van der Waals surface area (Å²) in [4.78, 5) is 0.270. The van der Waals surface area contributed by atoms with Crippen LogP contribution in [-0.2, 0) is 27.4 Å². The molecular formula is C12H18N2O3S2. The highest BCUT2D eigenvalue weighted by Gasteiger charge is 2.28. The normalized spacial score (nSPS) is 18.6. The molecule has 1 aromatic carbocycles. The fourth-order valence-electron chi connectivity index (χ4n) is 2.04. The first-order chi connectivity index (χ1) is 8.95. The number of nitrogens with zero attached hydrogens (tertiary/aromatic N) is 1. The summed E-state index contributed by atoms with van der Waals surface area (Å²) in [6.45, 7) is 2.86. The predicted octanol–water partition coefficient (Wildman–Crippen LogP) is 0.207. The van der Waals surface area contributed by atoms with E-state index in [1.807, 2.05) is 6.92 Å². The van der Waals surface area contributed by atoms with E-state index in [1.54, 1.807) is 18.2 Å². The van der Waals surface area contributed by atoms with Crippen LogP contribution < -0.4 is 5.73 Å². The molecule has 1 fully saturated rings. The van der Waals surface area contributed by atoms with Gasteiger partial charge in [-0.3, -0.25) is 4.21 Å². The molecule has 1 heterocycles. The third-order valence-corrected chi connectivity index (χ3v) is 6.49. The third kappa shape index (κ3) is 3.05. The van der Waals surface area contributed by atoms with Crippen molar-refractivity contribution < 1.29 is 12.6 Å². The molecule has 1 aliphatic rings. The predicted molar refractivity (Wildman–Crippen MR) is 75.7 cm³/mol. The number of sulfonamides is 1. The van der Waals surface area contributed by atoms with E-state index < -0.39 is 20.8 Å². The Morgan fingerprint density at radius 1 is 1.32 bits per heavy atom. The van der Waals surface area contributed by atoms with Crippen LogP contribution >= 0.6 is 0 Å². The van der Waals surface area contributed by atoms with Crippen LogP contribution in [-0.4, -0.2) is 41.5 Å². The summed E-state index contributed by atoms with van der Waals surface area (Å²) in [5, 5.41) is 0. The van der Waals surface area contributed by atoms with E-state index in [0.29, 0.717) is 31.1 Å². The van der Waals surface area contributed by atoms with Crippen molar-refractivity contribution in [2.24, 2.45) is 5.73 Å². The molecule has 0 atom stereocenters. The van der Waals surface area contributed by atoms with Crippen LogP contribution in [0.25, 0.3) is 0 Å². The van der Waals surface area contributed by atoms with Gasteiger partial charge in [-0.15, -0.1) is 0 Å². The number of hydrogen-bond donors (Lipinski definition) is 1. The lowest BCUT2D eigenvalue weighted by molar-refractivity contribution is 0.438. The van der Waals surface area contributed by atoms with Gasteiger partial charge in [-0.1, -0.05) is 6.07 Å². The van der Waals surface area contributed by atoms with Gasteiger partial charge in [-0.2, -0.15) is 4.31 Å². The summed E-state index contributed by atoms with van der Waals surface area (Å²) in [5.74, 6) is 0.823. The summed E-state index contributed by atoms with van der Waals surface area (Å²) in [6.07, 6.45) is 0. The standard InChI is InChI=1S/C12H18N2O3S2/c1-10-2-3-12(8-11(10)9-13)19(16,17)14-4-6-18(15)7-5-14/h2-3,8H,4-7,9,13H2,1H3. The van der Waals surface area contributed by atoms with E-state index in [-0.39, 0.29) is 4.90 Å². The molecule has 1 saturated heterocycles. The SMILES string of the molecule is Cc1ccc(S(=O)(=O)N2CCS(=O)CC2)cc1CN. The van der Waals surface area contributed by atoms with Gasteiger partial charge in [-0.05, 0) is 30.2 Å². The summed E-state index contributed by atoms with van der Waals surface area (Å²) in [6, 6.07) is 5.02. The smallest absolute Gasteiger partial charge is 0.243 e. The van der Waals surface area contributed by atoms with Crippen molar-refractivity contribution in [3.05, 3.63) is 29.3 Å². The fourth-order valence-corrected chi connectivity index (χ4v) is 4.81. The van der Waals surface area contributed by atoms with Gasteiger partial charge in [0.25, 0.3) is 0 Å². The Morgan fingerprint density at radius 2 is 1.95 bits per heavy atom. The summed E-state index contributed by atoms with van der Waals surface area (Å²) in [7, 11) is -4.38. The third-order valence-electron chi connectivity index (χ3n) is 3.32. The Balaban J connectivity index is 2.31. The second-order valence-electron chi connectivity index (χ2n) is 4.54. The van der Waals surface area contributed by atoms with Crippen LogP contribution in [0.5, 0.6) is 0 Å². The van der Waals surface area contributed by atoms with E-state index in [1.165, 1.54) is 4.31 Å². The molecule has 1 aromatic rings. The lowest BCUT2D eigenvalue weighted by Crippen LogP contribution is -2.41. The minimum Gasteiger partial charge on any atom is -0.326 e. The second-order valence-corrected chi connectivity index (χ2v) is 8.18. The van der Waals surface area contributed by atoms with E-state index in [4.69, 9.17) is 5.73 Å². The van der Waals surface area contributed by atoms with E-state index in [0.717, 1.165) is 11.1 Å². The average molecular weight is 302 g/mol. The zero-order chi connectivity index (χ0) is 14.0. The molecule has 7 heteroatoms. The monoisotopic (exact) mass is 302 g/mol. The van der Waals surface area contributed by atoms with Crippen LogP contribution in [0.1, 0.15) is 11.1 Å². The van der Waals surface area contributed by atoms with Gasteiger partial charge in [0.1, 0.15) is 0 Å². The largest absolute Gasteiger partial charge is 0.326 e. The maximum atomic E-state index is 12.5. The number of benzene rings is 1. The Bertz CT molecular complexity index is 589. The number of hydrogen-bond acceptors (Lipinski definition) is 4. The fraction of sp³-hybridized carbons (Fsp3) is 0.500. The van der Waals surface area contributed by atoms with Crippen molar-refractivity contribution in [3.63, 3.8) is 0 Å². The first-order valence-electron chi connectivity index (χ1n) is 6.10. The summed E-state index contributed by atoms with van der Waals surface area (Å²) in [5.41, 5.74) is 7.43. The van der Waals surface area contributed by atoms with Crippen LogP contribution in [0.2, 0.25) is 0 Å². The van der Waals surface area contributed by atoms with Crippen LogP contribution in [0, 0.1) is 6.92 Å². The maximum Gasteiger partial charge on any atom is 0.243 e. The molecule has 1 aliphatic heterocycles. The maximum absolute atomic E-state index is 12.5. The van der Waals surface area contributed by atoms with Gasteiger partial charge in [0.2, 0.25) is 10.0 Å². The molecule has 106 valence electrons. The van der Waals surface area contributed by atoms with E-state index in [2.05, 4.69) is 0 Å². The highest BCUT2D eigenvalue weighted by Crippen LogP contribution is 2.20. The highest BCUT2D eigenvalue weighted by molar-refractivity contribution is 7.89. The van der Waals surface area contributed by atoms with Crippen LogP contribution in [0.3, 0.4) is 0 Å². The van der Waals surface area contributed by atoms with Crippen LogP contribution in [0.4, 0.5) is 0 Å². The van der Waals surface area contributed by atoms with E-state index >= 15 is 0 Å². The summed E-state index contributed by atoms with van der Waals surface area (Å²) >= 11 is 0. The number of nitrogens with two attached hydrogens (primary N) is 1. The zero-order valence-corrected chi connectivity index (χ0v) is 12.5. The van der Waals surface area contributed by atoms with Gasteiger partial charge in [0.05, 0.1) is 4.90 Å². The quantitative estimate of drug-likeness (QED) is 0.865. The molecule has 0 unspecified atom stereocenters. The zero-order valence-electron chi connectivity index (χ0n) is 10.8. The van der Waals surface area contributed by atoms with Gasteiger partial charge >= 0.3 is 0 Å². The minimum atomic E-state index is -3.49. The Hall–Kier alpha value is -0.760. The molecule has 0 saturated carbocycles. The Kier molecular flexibility index (Phi) is 4.39.